The molecule has 0 saturated heterocycles. The van der Waals surface area contributed by atoms with Gasteiger partial charge in [0.05, 0.1) is 23.8 Å². The monoisotopic (exact) mass is 423 g/mol. The number of nitrogens with zero attached hydrogens (tertiary/aromatic N) is 2. The lowest BCUT2D eigenvalue weighted by Gasteiger charge is -2.18. The number of carbonyl (C=O) groups is 1. The van der Waals surface area contributed by atoms with Crippen LogP contribution in [0.25, 0.3) is 10.9 Å². The molecule has 1 aliphatic rings. The van der Waals surface area contributed by atoms with E-state index in [1.807, 2.05) is 53.1 Å². The zero-order valence-corrected chi connectivity index (χ0v) is 17.8. The average Bonchev–Trinajstić information content (AvgIpc) is 3.31. The Morgan fingerprint density at radius 2 is 1.90 bits per heavy atom. The van der Waals surface area contributed by atoms with E-state index in [1.165, 1.54) is 11.8 Å². The van der Waals surface area contributed by atoms with Crippen molar-refractivity contribution in [1.82, 2.24) is 14.9 Å². The Balaban J connectivity index is 1.47. The molecule has 0 atom stereocenters. The molecule has 156 valence electrons. The van der Waals surface area contributed by atoms with Crippen LogP contribution in [0.2, 0.25) is 0 Å². The van der Waals surface area contributed by atoms with Gasteiger partial charge in [-0.25, -0.2) is 4.98 Å². The molecule has 0 unspecified atom stereocenters. The number of carbonyl (C=O) groups excluding carboxylic acids is 1. The van der Waals surface area contributed by atoms with Gasteiger partial charge in [-0.3, -0.25) is 14.2 Å². The normalized spacial score (nSPS) is 14.2. The first-order chi connectivity index (χ1) is 14.7. The highest BCUT2D eigenvalue weighted by Crippen LogP contribution is 2.32. The number of amides is 1. The number of rotatable bonds is 7. The topological polar surface area (TPSA) is 73.2 Å². The molecule has 0 radical (unpaired) electrons. The van der Waals surface area contributed by atoms with Crippen molar-refractivity contribution >= 4 is 28.6 Å². The number of ether oxygens (including phenoxy) is 1. The fourth-order valence-corrected chi connectivity index (χ4v) is 4.73. The molecule has 0 spiro atoms. The van der Waals surface area contributed by atoms with Gasteiger partial charge in [-0.2, -0.15) is 0 Å². The van der Waals surface area contributed by atoms with Crippen molar-refractivity contribution in [3.63, 3.8) is 0 Å². The molecular weight excluding hydrogens is 398 g/mol. The van der Waals surface area contributed by atoms with E-state index in [1.54, 1.807) is 7.11 Å². The van der Waals surface area contributed by atoms with E-state index < -0.39 is 0 Å². The van der Waals surface area contributed by atoms with Gasteiger partial charge in [0.1, 0.15) is 5.75 Å². The Bertz CT molecular complexity index is 1090. The summed E-state index contributed by atoms with van der Waals surface area (Å²) in [5, 5.41) is 4.20. The largest absolute Gasteiger partial charge is 0.497 e. The third-order valence-corrected chi connectivity index (χ3v) is 6.40. The number of fused-ring (bicyclic) bond motifs is 1. The van der Waals surface area contributed by atoms with Crippen LogP contribution in [0.1, 0.15) is 37.3 Å². The van der Waals surface area contributed by atoms with Crippen molar-refractivity contribution in [2.45, 2.75) is 43.4 Å². The van der Waals surface area contributed by atoms with Gasteiger partial charge in [0, 0.05) is 12.6 Å². The minimum atomic E-state index is -0.0869. The van der Waals surface area contributed by atoms with E-state index in [-0.39, 0.29) is 23.3 Å². The summed E-state index contributed by atoms with van der Waals surface area (Å²) in [7, 11) is 1.62. The SMILES string of the molecule is COc1ccc(CNC(=O)CSc2nc3ccccc3c(=O)n2C2CCCC2)cc1. The fraction of sp³-hybridized carbons (Fsp3) is 0.348. The molecule has 0 bridgehead atoms. The van der Waals surface area contributed by atoms with E-state index in [0.717, 1.165) is 37.0 Å². The third kappa shape index (κ3) is 4.51. The highest BCUT2D eigenvalue weighted by molar-refractivity contribution is 7.99. The van der Waals surface area contributed by atoms with Crippen LogP contribution >= 0.6 is 11.8 Å². The lowest BCUT2D eigenvalue weighted by Crippen LogP contribution is -2.28. The molecule has 4 rings (SSSR count). The van der Waals surface area contributed by atoms with Crippen molar-refractivity contribution in [3.8, 4) is 5.75 Å². The highest BCUT2D eigenvalue weighted by Gasteiger charge is 2.23. The zero-order chi connectivity index (χ0) is 20.9. The Labute approximate surface area is 179 Å². The molecule has 1 N–H and O–H groups in total. The summed E-state index contributed by atoms with van der Waals surface area (Å²) in [6, 6.07) is 15.2. The summed E-state index contributed by atoms with van der Waals surface area (Å²) in [6.45, 7) is 0.448. The quantitative estimate of drug-likeness (QED) is 0.460. The maximum atomic E-state index is 13.1. The van der Waals surface area contributed by atoms with Crippen LogP contribution in [0.5, 0.6) is 5.75 Å². The first kappa shape index (κ1) is 20.5. The summed E-state index contributed by atoms with van der Waals surface area (Å²) in [4.78, 5) is 30.3. The second kappa shape index (κ2) is 9.34. The lowest BCUT2D eigenvalue weighted by molar-refractivity contribution is -0.118. The maximum absolute atomic E-state index is 13.1. The van der Waals surface area contributed by atoms with Crippen molar-refractivity contribution in [2.24, 2.45) is 0 Å². The molecule has 1 heterocycles. The van der Waals surface area contributed by atoms with Crippen LogP contribution in [0, 0.1) is 0 Å². The predicted octanol–water partition coefficient (Wildman–Crippen LogP) is 3.93. The molecule has 3 aromatic rings. The van der Waals surface area contributed by atoms with Gasteiger partial charge in [-0.15, -0.1) is 0 Å². The van der Waals surface area contributed by atoms with Crippen LogP contribution in [-0.2, 0) is 11.3 Å². The first-order valence-corrected chi connectivity index (χ1v) is 11.2. The standard InChI is InChI=1S/C23H25N3O3S/c1-29-18-12-10-16(11-13-18)14-24-21(27)15-30-23-25-20-9-5-4-8-19(20)22(28)26(23)17-6-2-3-7-17/h4-5,8-13,17H,2-3,6-7,14-15H2,1H3,(H,24,27). The fourth-order valence-electron chi connectivity index (χ4n) is 3.84. The Hall–Kier alpha value is -2.80. The molecule has 1 aliphatic carbocycles. The van der Waals surface area contributed by atoms with E-state index in [4.69, 9.17) is 9.72 Å². The van der Waals surface area contributed by atoms with Crippen molar-refractivity contribution in [2.75, 3.05) is 12.9 Å². The average molecular weight is 424 g/mol. The van der Waals surface area contributed by atoms with Gasteiger partial charge >= 0.3 is 0 Å². The molecule has 1 saturated carbocycles. The molecule has 2 aromatic carbocycles. The van der Waals surface area contributed by atoms with E-state index in [0.29, 0.717) is 22.6 Å². The van der Waals surface area contributed by atoms with Crippen LogP contribution in [-0.4, -0.2) is 28.3 Å². The van der Waals surface area contributed by atoms with Crippen LogP contribution in [0.4, 0.5) is 0 Å². The zero-order valence-electron chi connectivity index (χ0n) is 17.0. The molecule has 1 aromatic heterocycles. The number of aromatic nitrogens is 2. The molecule has 7 heteroatoms. The number of hydrogen-bond donors (Lipinski definition) is 1. The molecule has 30 heavy (non-hydrogen) atoms. The van der Waals surface area contributed by atoms with Gasteiger partial charge < -0.3 is 10.1 Å². The van der Waals surface area contributed by atoms with Crippen molar-refractivity contribution in [1.29, 1.82) is 0 Å². The molecule has 1 fully saturated rings. The minimum Gasteiger partial charge on any atom is -0.497 e. The first-order valence-electron chi connectivity index (χ1n) is 10.2. The molecule has 0 aliphatic heterocycles. The van der Waals surface area contributed by atoms with Crippen LogP contribution < -0.4 is 15.6 Å². The van der Waals surface area contributed by atoms with Gasteiger partial charge in [0.15, 0.2) is 5.16 Å². The van der Waals surface area contributed by atoms with E-state index in [9.17, 15) is 9.59 Å². The summed E-state index contributed by atoms with van der Waals surface area (Å²) in [5.41, 5.74) is 1.67. The van der Waals surface area contributed by atoms with E-state index in [2.05, 4.69) is 5.32 Å². The number of thioether (sulfide) groups is 1. The Kier molecular flexibility index (Phi) is 6.38. The molecule has 6 nitrogen and oxygen atoms in total. The second-order valence-corrected chi connectivity index (χ2v) is 8.38. The van der Waals surface area contributed by atoms with Gasteiger partial charge in [0.2, 0.25) is 5.91 Å². The van der Waals surface area contributed by atoms with Gasteiger partial charge in [-0.1, -0.05) is 48.9 Å². The Morgan fingerprint density at radius 3 is 2.63 bits per heavy atom. The lowest BCUT2D eigenvalue weighted by atomic mass is 10.2. The smallest absolute Gasteiger partial charge is 0.262 e. The summed E-state index contributed by atoms with van der Waals surface area (Å²) < 4.78 is 6.97. The maximum Gasteiger partial charge on any atom is 0.262 e. The minimum absolute atomic E-state index is 0.00589. The summed E-state index contributed by atoms with van der Waals surface area (Å²) in [5.74, 6) is 0.914. The highest BCUT2D eigenvalue weighted by atomic mass is 32.2. The molecular formula is C23H25N3O3S. The summed E-state index contributed by atoms with van der Waals surface area (Å²) >= 11 is 1.33. The van der Waals surface area contributed by atoms with Crippen molar-refractivity contribution < 1.29 is 9.53 Å². The van der Waals surface area contributed by atoms with Crippen LogP contribution in [0.15, 0.2) is 58.5 Å². The number of para-hydroxylation sites is 1. The second-order valence-electron chi connectivity index (χ2n) is 7.44. The van der Waals surface area contributed by atoms with Gasteiger partial charge in [-0.05, 0) is 42.7 Å². The Morgan fingerprint density at radius 1 is 1.17 bits per heavy atom. The van der Waals surface area contributed by atoms with Gasteiger partial charge in [0.25, 0.3) is 5.56 Å². The number of methoxy groups -OCH3 is 1. The summed E-state index contributed by atoms with van der Waals surface area (Å²) in [6.07, 6.45) is 4.21. The number of hydrogen-bond acceptors (Lipinski definition) is 5. The number of benzene rings is 2. The third-order valence-electron chi connectivity index (χ3n) is 5.45. The van der Waals surface area contributed by atoms with E-state index >= 15 is 0 Å². The number of nitrogens with one attached hydrogen (secondary N) is 1. The van der Waals surface area contributed by atoms with Crippen molar-refractivity contribution in [3.05, 3.63) is 64.4 Å². The van der Waals surface area contributed by atoms with Crippen LogP contribution in [0.3, 0.4) is 0 Å². The predicted molar refractivity (Wildman–Crippen MR) is 119 cm³/mol. The molecule has 1 amide bonds.